The van der Waals surface area contributed by atoms with Crippen LogP contribution < -0.4 is 10.1 Å². The highest BCUT2D eigenvalue weighted by atomic mass is 32.2. The average Bonchev–Trinajstić information content (AvgIpc) is 3.32. The molecular formula is C19H23N5O2S2. The normalized spacial score (nSPS) is 12.2. The number of rotatable bonds is 8. The summed E-state index contributed by atoms with van der Waals surface area (Å²) in [4.78, 5) is 16.6. The van der Waals surface area contributed by atoms with Crippen LogP contribution in [0.25, 0.3) is 11.4 Å². The topological polar surface area (TPSA) is 81.9 Å². The van der Waals surface area contributed by atoms with Gasteiger partial charge >= 0.3 is 0 Å². The van der Waals surface area contributed by atoms with Crippen LogP contribution in [0.4, 0.5) is 5.13 Å². The van der Waals surface area contributed by atoms with Crippen LogP contribution in [0.5, 0.6) is 5.75 Å². The summed E-state index contributed by atoms with van der Waals surface area (Å²) in [6, 6.07) is 7.75. The molecule has 0 saturated heterocycles. The van der Waals surface area contributed by atoms with Crippen LogP contribution >= 0.6 is 23.1 Å². The third-order valence-electron chi connectivity index (χ3n) is 3.91. The summed E-state index contributed by atoms with van der Waals surface area (Å²) in [5.74, 6) is 1.82. The lowest BCUT2D eigenvalue weighted by atomic mass is 10.2. The zero-order valence-electron chi connectivity index (χ0n) is 16.2. The average molecular weight is 418 g/mol. The Morgan fingerprint density at radius 1 is 1.32 bits per heavy atom. The molecule has 0 aliphatic carbocycles. The standard InChI is InChI=1S/C19H23N5O2S2/c1-12(2)11-24-16(14-6-5-7-15(10-14)26-4)22-23-19(24)28-13(3)17(25)21-18-20-8-9-27-18/h5-10,12-13H,11H2,1-4H3,(H,20,21,25)/t13-/m0/s1. The van der Waals surface area contributed by atoms with Crippen LogP contribution in [0.2, 0.25) is 0 Å². The van der Waals surface area contributed by atoms with Gasteiger partial charge in [0.05, 0.1) is 12.4 Å². The Kier molecular flexibility index (Phi) is 6.69. The van der Waals surface area contributed by atoms with Crippen LogP contribution in [-0.2, 0) is 11.3 Å². The SMILES string of the molecule is COc1cccc(-c2nnc(S[C@@H](C)C(=O)Nc3nccs3)n2CC(C)C)c1. The molecule has 1 aromatic carbocycles. The molecule has 28 heavy (non-hydrogen) atoms. The van der Waals surface area contributed by atoms with Crippen molar-refractivity contribution in [1.82, 2.24) is 19.7 Å². The zero-order chi connectivity index (χ0) is 20.1. The van der Waals surface area contributed by atoms with Gasteiger partial charge in [-0.25, -0.2) is 4.98 Å². The quantitative estimate of drug-likeness (QED) is 0.554. The zero-order valence-corrected chi connectivity index (χ0v) is 17.9. The molecule has 1 amide bonds. The van der Waals surface area contributed by atoms with E-state index < -0.39 is 0 Å². The first kappa shape index (κ1) is 20.3. The van der Waals surface area contributed by atoms with E-state index in [9.17, 15) is 4.79 Å². The van der Waals surface area contributed by atoms with Crippen molar-refractivity contribution in [2.24, 2.45) is 5.92 Å². The molecule has 0 unspecified atom stereocenters. The number of hydrogen-bond donors (Lipinski definition) is 1. The Morgan fingerprint density at radius 2 is 2.14 bits per heavy atom. The fourth-order valence-electron chi connectivity index (χ4n) is 2.59. The van der Waals surface area contributed by atoms with E-state index in [1.54, 1.807) is 13.3 Å². The minimum atomic E-state index is -0.336. The van der Waals surface area contributed by atoms with Crippen molar-refractivity contribution in [2.75, 3.05) is 12.4 Å². The maximum absolute atomic E-state index is 12.5. The molecule has 2 aromatic heterocycles. The summed E-state index contributed by atoms with van der Waals surface area (Å²) in [5, 5.41) is 14.4. The monoisotopic (exact) mass is 417 g/mol. The first-order valence-electron chi connectivity index (χ1n) is 8.92. The predicted molar refractivity (Wildman–Crippen MR) is 113 cm³/mol. The van der Waals surface area contributed by atoms with Crippen LogP contribution in [0.15, 0.2) is 41.0 Å². The van der Waals surface area contributed by atoms with Gasteiger partial charge < -0.3 is 14.6 Å². The third kappa shape index (κ3) is 4.90. The number of anilines is 1. The van der Waals surface area contributed by atoms with Crippen LogP contribution in [0.3, 0.4) is 0 Å². The number of ether oxygens (including phenoxy) is 1. The summed E-state index contributed by atoms with van der Waals surface area (Å²) in [7, 11) is 1.64. The molecule has 3 rings (SSSR count). The maximum atomic E-state index is 12.5. The van der Waals surface area contributed by atoms with E-state index in [2.05, 4.69) is 38.9 Å². The van der Waals surface area contributed by atoms with E-state index in [1.807, 2.05) is 36.6 Å². The van der Waals surface area contributed by atoms with Gasteiger partial charge in [-0.15, -0.1) is 21.5 Å². The van der Waals surface area contributed by atoms with E-state index in [1.165, 1.54) is 23.1 Å². The highest BCUT2D eigenvalue weighted by Gasteiger charge is 2.22. The molecule has 0 radical (unpaired) electrons. The van der Waals surface area contributed by atoms with Crippen molar-refractivity contribution in [2.45, 2.75) is 37.7 Å². The molecular weight excluding hydrogens is 394 g/mol. The Bertz CT molecular complexity index is 924. The number of nitrogens with zero attached hydrogens (tertiary/aromatic N) is 4. The second-order valence-electron chi connectivity index (χ2n) is 6.63. The molecule has 0 spiro atoms. The summed E-state index contributed by atoms with van der Waals surface area (Å²) < 4.78 is 7.40. The number of hydrogen-bond acceptors (Lipinski definition) is 7. The van der Waals surface area contributed by atoms with Gasteiger partial charge in [-0.05, 0) is 25.0 Å². The summed E-state index contributed by atoms with van der Waals surface area (Å²) in [6.07, 6.45) is 1.66. The van der Waals surface area contributed by atoms with E-state index in [0.29, 0.717) is 16.2 Å². The van der Waals surface area contributed by atoms with Crippen molar-refractivity contribution in [3.8, 4) is 17.1 Å². The van der Waals surface area contributed by atoms with Gasteiger partial charge in [-0.1, -0.05) is 37.7 Å². The summed E-state index contributed by atoms with van der Waals surface area (Å²) >= 11 is 2.78. The van der Waals surface area contributed by atoms with Crippen molar-refractivity contribution in [3.05, 3.63) is 35.8 Å². The van der Waals surface area contributed by atoms with Crippen LogP contribution in [0, 0.1) is 5.92 Å². The minimum Gasteiger partial charge on any atom is -0.497 e. The van der Waals surface area contributed by atoms with Crippen LogP contribution in [-0.4, -0.2) is 38.0 Å². The lowest BCUT2D eigenvalue weighted by Gasteiger charge is -2.15. The van der Waals surface area contributed by atoms with Crippen molar-refractivity contribution >= 4 is 34.1 Å². The van der Waals surface area contributed by atoms with Crippen LogP contribution in [0.1, 0.15) is 20.8 Å². The number of carbonyl (C=O) groups excluding carboxylic acids is 1. The summed E-state index contributed by atoms with van der Waals surface area (Å²) in [6.45, 7) is 6.89. The van der Waals surface area contributed by atoms with Gasteiger partial charge in [0, 0.05) is 23.7 Å². The highest BCUT2D eigenvalue weighted by Crippen LogP contribution is 2.29. The molecule has 3 aromatic rings. The van der Waals surface area contributed by atoms with Crippen molar-refractivity contribution in [3.63, 3.8) is 0 Å². The molecule has 1 N–H and O–H groups in total. The number of benzene rings is 1. The Labute approximate surface area is 172 Å². The Balaban J connectivity index is 1.84. The van der Waals surface area contributed by atoms with Gasteiger partial charge in [-0.3, -0.25) is 4.79 Å². The molecule has 1 atom stereocenters. The van der Waals surface area contributed by atoms with Gasteiger partial charge in [0.25, 0.3) is 0 Å². The van der Waals surface area contributed by atoms with Gasteiger partial charge in [0.2, 0.25) is 5.91 Å². The third-order valence-corrected chi connectivity index (χ3v) is 5.68. The number of methoxy groups -OCH3 is 1. The Hall–Kier alpha value is -2.39. The molecule has 0 fully saturated rings. The first-order chi connectivity index (χ1) is 13.5. The number of carbonyl (C=O) groups is 1. The van der Waals surface area contributed by atoms with E-state index >= 15 is 0 Å². The summed E-state index contributed by atoms with van der Waals surface area (Å²) in [5.41, 5.74) is 0.930. The number of thiazole rings is 1. The first-order valence-corrected chi connectivity index (χ1v) is 10.7. The second-order valence-corrected chi connectivity index (χ2v) is 8.83. The van der Waals surface area contributed by atoms with E-state index in [0.717, 1.165) is 23.7 Å². The molecule has 9 heteroatoms. The van der Waals surface area contributed by atoms with E-state index in [-0.39, 0.29) is 11.2 Å². The smallest absolute Gasteiger partial charge is 0.239 e. The minimum absolute atomic E-state index is 0.109. The molecule has 2 heterocycles. The molecule has 0 aliphatic heterocycles. The lowest BCUT2D eigenvalue weighted by Crippen LogP contribution is -2.23. The number of nitrogens with one attached hydrogen (secondary N) is 1. The molecule has 0 bridgehead atoms. The number of thioether (sulfide) groups is 1. The van der Waals surface area contributed by atoms with E-state index in [4.69, 9.17) is 4.74 Å². The molecule has 0 aliphatic rings. The molecule has 7 nitrogen and oxygen atoms in total. The Morgan fingerprint density at radius 3 is 2.82 bits per heavy atom. The number of aromatic nitrogens is 4. The maximum Gasteiger partial charge on any atom is 0.239 e. The fourth-order valence-corrected chi connectivity index (χ4v) is 3.98. The second kappa shape index (κ2) is 9.20. The largest absolute Gasteiger partial charge is 0.497 e. The van der Waals surface area contributed by atoms with Gasteiger partial charge in [0.15, 0.2) is 16.1 Å². The number of amides is 1. The van der Waals surface area contributed by atoms with Gasteiger partial charge in [0.1, 0.15) is 5.75 Å². The van der Waals surface area contributed by atoms with Crippen molar-refractivity contribution in [1.29, 1.82) is 0 Å². The highest BCUT2D eigenvalue weighted by molar-refractivity contribution is 8.00. The molecule has 0 saturated carbocycles. The molecule has 148 valence electrons. The van der Waals surface area contributed by atoms with Gasteiger partial charge in [-0.2, -0.15) is 0 Å². The predicted octanol–water partition coefficient (Wildman–Crippen LogP) is 4.19. The lowest BCUT2D eigenvalue weighted by molar-refractivity contribution is -0.115. The van der Waals surface area contributed by atoms with Crippen molar-refractivity contribution < 1.29 is 9.53 Å². The fraction of sp³-hybridized carbons (Fsp3) is 0.368.